The van der Waals surface area contributed by atoms with Crippen LogP contribution in [0.3, 0.4) is 0 Å². The van der Waals surface area contributed by atoms with Crippen LogP contribution in [0.4, 0.5) is 5.69 Å². The summed E-state index contributed by atoms with van der Waals surface area (Å²) in [5, 5.41) is 9.30. The van der Waals surface area contributed by atoms with Gasteiger partial charge < -0.3 is 19.5 Å². The van der Waals surface area contributed by atoms with Crippen LogP contribution < -0.4 is 14.4 Å². The summed E-state index contributed by atoms with van der Waals surface area (Å²) in [7, 11) is 1.45. The molecule has 1 unspecified atom stereocenters. The van der Waals surface area contributed by atoms with E-state index in [-0.39, 0.29) is 22.8 Å². The summed E-state index contributed by atoms with van der Waals surface area (Å²) >= 11 is 0. The smallest absolute Gasteiger partial charge is 0.339 e. The van der Waals surface area contributed by atoms with Gasteiger partial charge in [-0.15, -0.1) is 0 Å². The van der Waals surface area contributed by atoms with Gasteiger partial charge in [-0.05, 0) is 58.5 Å². The first kappa shape index (κ1) is 24.3. The van der Waals surface area contributed by atoms with Crippen LogP contribution in [0.2, 0.25) is 0 Å². The molecular formula is C29H31NO5. The molecule has 3 aromatic carbocycles. The molecule has 0 spiro atoms. The van der Waals surface area contributed by atoms with Crippen molar-refractivity contribution in [1.29, 1.82) is 0 Å². The van der Waals surface area contributed by atoms with Crippen molar-refractivity contribution in [2.45, 2.75) is 45.1 Å². The van der Waals surface area contributed by atoms with Crippen molar-refractivity contribution in [3.63, 3.8) is 0 Å². The first-order chi connectivity index (χ1) is 16.7. The number of aromatic carboxylic acids is 1. The van der Waals surface area contributed by atoms with Crippen LogP contribution in [-0.2, 0) is 16.8 Å². The van der Waals surface area contributed by atoms with Gasteiger partial charge in [0.2, 0.25) is 5.91 Å². The lowest BCUT2D eigenvalue weighted by Gasteiger charge is -2.19. The van der Waals surface area contributed by atoms with Gasteiger partial charge in [-0.2, -0.15) is 0 Å². The number of benzene rings is 3. The van der Waals surface area contributed by atoms with Gasteiger partial charge in [0.05, 0.1) is 7.11 Å². The van der Waals surface area contributed by atoms with Crippen LogP contribution >= 0.6 is 0 Å². The number of carbonyl (C=O) groups is 2. The molecule has 1 amide bonds. The van der Waals surface area contributed by atoms with Gasteiger partial charge >= 0.3 is 5.97 Å². The molecule has 35 heavy (non-hydrogen) atoms. The van der Waals surface area contributed by atoms with Crippen molar-refractivity contribution in [3.05, 3.63) is 89.0 Å². The number of carboxylic acids is 1. The van der Waals surface area contributed by atoms with Crippen LogP contribution in [0.1, 0.15) is 60.2 Å². The third-order valence-electron chi connectivity index (χ3n) is 6.43. The highest BCUT2D eigenvalue weighted by Crippen LogP contribution is 2.35. The lowest BCUT2D eigenvalue weighted by molar-refractivity contribution is -0.117. The highest BCUT2D eigenvalue weighted by Gasteiger charge is 2.32. The fourth-order valence-corrected chi connectivity index (χ4v) is 4.31. The van der Waals surface area contributed by atoms with Gasteiger partial charge in [-0.1, -0.05) is 51.1 Å². The average Bonchev–Trinajstić information content (AvgIpc) is 3.23. The molecule has 182 valence electrons. The van der Waals surface area contributed by atoms with Gasteiger partial charge in [0.15, 0.2) is 0 Å². The van der Waals surface area contributed by atoms with E-state index < -0.39 is 5.97 Å². The quantitative estimate of drug-likeness (QED) is 0.470. The number of carboxylic acid groups (broad SMARTS) is 1. The van der Waals surface area contributed by atoms with Crippen LogP contribution in [0, 0.1) is 0 Å². The molecule has 0 saturated carbocycles. The molecule has 1 saturated heterocycles. The number of ether oxygens (including phenoxy) is 2. The average molecular weight is 474 g/mol. The molecule has 1 aliphatic rings. The number of amides is 1. The van der Waals surface area contributed by atoms with Gasteiger partial charge in [-0.25, -0.2) is 4.79 Å². The molecule has 3 aromatic rings. The second kappa shape index (κ2) is 9.82. The van der Waals surface area contributed by atoms with Gasteiger partial charge in [0.25, 0.3) is 0 Å². The number of hydrogen-bond acceptors (Lipinski definition) is 4. The minimum Gasteiger partial charge on any atom is -0.496 e. The Hall–Kier alpha value is -3.80. The molecular weight excluding hydrogens is 442 g/mol. The Morgan fingerprint density at radius 2 is 1.71 bits per heavy atom. The predicted octanol–water partition coefficient (Wildman–Crippen LogP) is 5.79. The SMILES string of the molecule is COc1cc(C2CC(=O)N(c3ccc(OCc4ccc(C(C)(C)C)cc4)cc3)C2)ccc1C(=O)O. The number of hydrogen-bond donors (Lipinski definition) is 1. The number of anilines is 1. The molecule has 6 heteroatoms. The molecule has 0 aromatic heterocycles. The van der Waals surface area contributed by atoms with Crippen molar-refractivity contribution in [1.82, 2.24) is 0 Å². The zero-order valence-electron chi connectivity index (χ0n) is 20.6. The predicted molar refractivity (Wildman–Crippen MR) is 136 cm³/mol. The normalized spacial score (nSPS) is 15.8. The molecule has 0 aliphatic carbocycles. The van der Waals surface area contributed by atoms with Crippen molar-refractivity contribution < 1.29 is 24.2 Å². The first-order valence-electron chi connectivity index (χ1n) is 11.7. The van der Waals surface area contributed by atoms with Crippen molar-refractivity contribution in [3.8, 4) is 11.5 Å². The number of methoxy groups -OCH3 is 1. The minimum atomic E-state index is -1.04. The third-order valence-corrected chi connectivity index (χ3v) is 6.43. The summed E-state index contributed by atoms with van der Waals surface area (Å²) in [5.74, 6) is -0.00170. The highest BCUT2D eigenvalue weighted by molar-refractivity contribution is 5.96. The number of nitrogens with zero attached hydrogens (tertiary/aromatic N) is 1. The van der Waals surface area contributed by atoms with Crippen molar-refractivity contribution >= 4 is 17.6 Å². The van der Waals surface area contributed by atoms with Crippen LogP contribution in [0.5, 0.6) is 11.5 Å². The molecule has 1 fully saturated rings. The Bertz CT molecular complexity index is 1210. The second-order valence-electron chi connectivity index (χ2n) is 9.90. The Morgan fingerprint density at radius 1 is 1.03 bits per heavy atom. The van der Waals surface area contributed by atoms with E-state index >= 15 is 0 Å². The fourth-order valence-electron chi connectivity index (χ4n) is 4.31. The van der Waals surface area contributed by atoms with Crippen LogP contribution in [-0.4, -0.2) is 30.6 Å². The first-order valence-corrected chi connectivity index (χ1v) is 11.7. The van der Waals surface area contributed by atoms with Gasteiger partial charge in [-0.3, -0.25) is 4.79 Å². The molecule has 0 radical (unpaired) electrons. The van der Waals surface area contributed by atoms with Gasteiger partial charge in [0.1, 0.15) is 23.7 Å². The Labute approximate surface area is 206 Å². The lowest BCUT2D eigenvalue weighted by Crippen LogP contribution is -2.24. The van der Waals surface area contributed by atoms with E-state index in [0.29, 0.717) is 25.3 Å². The second-order valence-corrected chi connectivity index (χ2v) is 9.90. The van der Waals surface area contributed by atoms with Crippen LogP contribution in [0.25, 0.3) is 0 Å². The molecule has 6 nitrogen and oxygen atoms in total. The molecule has 1 aliphatic heterocycles. The third kappa shape index (κ3) is 5.48. The van der Waals surface area contributed by atoms with E-state index in [2.05, 4.69) is 45.0 Å². The molecule has 1 N–H and O–H groups in total. The fraction of sp³-hybridized carbons (Fsp3) is 0.310. The largest absolute Gasteiger partial charge is 0.496 e. The van der Waals surface area contributed by atoms with E-state index in [0.717, 1.165) is 22.6 Å². The molecule has 0 bridgehead atoms. The summed E-state index contributed by atoms with van der Waals surface area (Å²) in [6.45, 7) is 7.58. The zero-order valence-corrected chi connectivity index (χ0v) is 20.6. The monoisotopic (exact) mass is 473 g/mol. The summed E-state index contributed by atoms with van der Waals surface area (Å²) in [4.78, 5) is 25.9. The highest BCUT2D eigenvalue weighted by atomic mass is 16.5. The molecule has 1 atom stereocenters. The summed E-state index contributed by atoms with van der Waals surface area (Å²) in [6, 6.07) is 21.0. The van der Waals surface area contributed by atoms with Crippen LogP contribution in [0.15, 0.2) is 66.7 Å². The summed E-state index contributed by atoms with van der Waals surface area (Å²) < 4.78 is 11.2. The van der Waals surface area contributed by atoms with E-state index in [4.69, 9.17) is 9.47 Å². The maximum atomic E-state index is 12.8. The Balaban J connectivity index is 1.39. The lowest BCUT2D eigenvalue weighted by atomic mass is 9.87. The Kier molecular flexibility index (Phi) is 6.83. The number of carbonyl (C=O) groups excluding carboxylic acids is 1. The standard InChI is InChI=1S/C29H31NO5/c1-29(2,3)22-8-5-19(6-9-22)18-35-24-12-10-23(11-13-24)30-17-21(16-27(30)31)20-7-14-25(28(32)33)26(15-20)34-4/h5-15,21H,16-18H2,1-4H3,(H,32,33). The van der Waals surface area contributed by atoms with E-state index in [1.165, 1.54) is 18.7 Å². The Morgan fingerprint density at radius 3 is 2.31 bits per heavy atom. The molecule has 1 heterocycles. The maximum Gasteiger partial charge on any atom is 0.339 e. The van der Waals surface area contributed by atoms with E-state index in [9.17, 15) is 14.7 Å². The summed E-state index contributed by atoms with van der Waals surface area (Å²) in [6.07, 6.45) is 0.360. The number of rotatable bonds is 7. The van der Waals surface area contributed by atoms with Crippen molar-refractivity contribution in [2.75, 3.05) is 18.6 Å². The topological polar surface area (TPSA) is 76.1 Å². The zero-order chi connectivity index (χ0) is 25.2. The van der Waals surface area contributed by atoms with E-state index in [1.54, 1.807) is 17.0 Å². The van der Waals surface area contributed by atoms with Crippen molar-refractivity contribution in [2.24, 2.45) is 0 Å². The summed E-state index contributed by atoms with van der Waals surface area (Å²) in [5.41, 5.74) is 4.32. The maximum absolute atomic E-state index is 12.8. The minimum absolute atomic E-state index is 0.0314. The van der Waals surface area contributed by atoms with Gasteiger partial charge in [0, 0.05) is 24.6 Å². The molecule has 4 rings (SSSR count). The van der Waals surface area contributed by atoms with E-state index in [1.807, 2.05) is 24.3 Å².